The zero-order valence-electron chi connectivity index (χ0n) is 29.0. The molecular weight excluding hydrogens is 660 g/mol. The second-order valence-corrected chi connectivity index (χ2v) is 12.4. The van der Waals surface area contributed by atoms with Gasteiger partial charge in [0.1, 0.15) is 18.3 Å². The lowest BCUT2D eigenvalue weighted by Gasteiger charge is -2.10. The Hall–Kier alpha value is -6.70. The van der Waals surface area contributed by atoms with Crippen molar-refractivity contribution < 1.29 is 19.1 Å². The van der Waals surface area contributed by atoms with Gasteiger partial charge in [-0.15, -0.1) is 10.2 Å². The van der Waals surface area contributed by atoms with Crippen LogP contribution >= 0.6 is 0 Å². The van der Waals surface area contributed by atoms with Crippen molar-refractivity contribution in [2.75, 3.05) is 13.2 Å². The van der Waals surface area contributed by atoms with Crippen molar-refractivity contribution in [1.29, 1.82) is 0 Å². The monoisotopic (exact) mass is 694 g/mol. The zero-order valence-corrected chi connectivity index (χ0v) is 29.0. The van der Waals surface area contributed by atoms with Crippen LogP contribution in [0.4, 0.5) is 0 Å². The maximum Gasteiger partial charge on any atom is 0.358 e. The molecule has 0 aliphatic carbocycles. The van der Waals surface area contributed by atoms with Crippen LogP contribution in [0.25, 0.3) is 34.0 Å². The molecule has 0 bridgehead atoms. The van der Waals surface area contributed by atoms with Crippen molar-refractivity contribution in [2.24, 2.45) is 0 Å². The molecule has 3 aromatic carbocycles. The number of hydrogen-bond acceptors (Lipinski definition) is 10. The first-order valence-electron chi connectivity index (χ1n) is 16.9. The molecule has 0 saturated heterocycles. The second-order valence-electron chi connectivity index (χ2n) is 12.4. The summed E-state index contributed by atoms with van der Waals surface area (Å²) in [4.78, 5) is 33.3. The van der Waals surface area contributed by atoms with Crippen LogP contribution in [0.1, 0.15) is 68.7 Å². The Labute approximate surface area is 298 Å². The van der Waals surface area contributed by atoms with Gasteiger partial charge in [-0.3, -0.25) is 9.13 Å². The van der Waals surface area contributed by atoms with Gasteiger partial charge >= 0.3 is 11.9 Å². The number of carbonyl (C=O) groups is 2. The molecule has 14 heteroatoms. The number of nitrogens with zero attached hydrogens (tertiary/aromatic N) is 10. The Bertz CT molecular complexity index is 2470. The molecule has 9 rings (SSSR count). The normalized spacial score (nSPS) is 12.0. The van der Waals surface area contributed by atoms with Gasteiger partial charge in [0.25, 0.3) is 0 Å². The number of carbonyl (C=O) groups excluding carboxylic acids is 2. The van der Waals surface area contributed by atoms with Gasteiger partial charge in [0.05, 0.1) is 64.9 Å². The van der Waals surface area contributed by atoms with E-state index in [4.69, 9.17) is 9.47 Å². The van der Waals surface area contributed by atoms with E-state index in [0.29, 0.717) is 37.4 Å². The topological polar surface area (TPSA) is 150 Å². The van der Waals surface area contributed by atoms with Crippen molar-refractivity contribution >= 4 is 11.9 Å². The summed E-state index contributed by atoms with van der Waals surface area (Å²) in [5.74, 6) is -0.826. The molecule has 0 fully saturated rings. The summed E-state index contributed by atoms with van der Waals surface area (Å²) < 4.78 is 17.9. The Morgan fingerprint density at radius 2 is 1.25 bits per heavy atom. The minimum Gasteiger partial charge on any atom is -0.461 e. The lowest BCUT2D eigenvalue weighted by Crippen LogP contribution is -2.10. The number of esters is 2. The molecule has 260 valence electrons. The molecule has 6 heterocycles. The van der Waals surface area contributed by atoms with Crippen LogP contribution in [0.15, 0.2) is 85.6 Å². The first kappa shape index (κ1) is 32.5. The van der Waals surface area contributed by atoms with Crippen LogP contribution < -0.4 is 0 Å². The summed E-state index contributed by atoms with van der Waals surface area (Å²) in [6.07, 6.45) is 6.02. The molecule has 0 unspecified atom stereocenters. The summed E-state index contributed by atoms with van der Waals surface area (Å²) in [6, 6.07) is 22.1. The minimum atomic E-state index is -0.419. The molecule has 14 nitrogen and oxygen atoms in total. The third-order valence-corrected chi connectivity index (χ3v) is 9.02. The highest BCUT2D eigenvalue weighted by Gasteiger charge is 2.30. The van der Waals surface area contributed by atoms with E-state index in [1.807, 2.05) is 93.0 Å². The van der Waals surface area contributed by atoms with Crippen molar-refractivity contribution in [3.63, 3.8) is 0 Å². The SMILES string of the molecule is CCOC(=O)c1ncn2c1Cc1c(-c3ccccc3)nnn1-c1cc(C)ccc1-2.CCOC(=O)c1ncn2c1Cc1cnnn1-c1cc(C)ccc1-2. The van der Waals surface area contributed by atoms with Crippen LogP contribution in [0.2, 0.25) is 0 Å². The molecule has 0 atom stereocenters. The second kappa shape index (κ2) is 13.2. The van der Waals surface area contributed by atoms with Gasteiger partial charge in [-0.25, -0.2) is 28.9 Å². The molecule has 4 aromatic heterocycles. The summed E-state index contributed by atoms with van der Waals surface area (Å²) in [6.45, 7) is 8.26. The minimum absolute atomic E-state index is 0.301. The summed E-state index contributed by atoms with van der Waals surface area (Å²) in [5.41, 5.74) is 11.7. The van der Waals surface area contributed by atoms with E-state index < -0.39 is 11.9 Å². The number of imidazole rings is 2. The largest absolute Gasteiger partial charge is 0.461 e. The number of hydrogen-bond donors (Lipinski definition) is 0. The van der Waals surface area contributed by atoms with Crippen molar-refractivity contribution in [3.05, 3.63) is 131 Å². The highest BCUT2D eigenvalue weighted by molar-refractivity contribution is 5.90. The molecule has 52 heavy (non-hydrogen) atoms. The maximum absolute atomic E-state index is 12.5. The molecule has 0 amide bonds. The number of aryl methyl sites for hydroxylation is 2. The molecule has 0 spiro atoms. The first-order chi connectivity index (χ1) is 25.4. The molecule has 0 radical (unpaired) electrons. The van der Waals surface area contributed by atoms with Crippen LogP contribution in [-0.2, 0) is 22.3 Å². The highest BCUT2D eigenvalue weighted by Crippen LogP contribution is 2.34. The maximum atomic E-state index is 12.5. The molecular formula is C38H34N10O4. The van der Waals surface area contributed by atoms with Gasteiger partial charge in [0, 0.05) is 18.4 Å². The lowest BCUT2D eigenvalue weighted by atomic mass is 10.1. The summed E-state index contributed by atoms with van der Waals surface area (Å²) >= 11 is 0. The predicted molar refractivity (Wildman–Crippen MR) is 189 cm³/mol. The Kier molecular flexibility index (Phi) is 8.26. The van der Waals surface area contributed by atoms with Gasteiger partial charge in [-0.1, -0.05) is 52.9 Å². The van der Waals surface area contributed by atoms with Crippen LogP contribution in [0, 0.1) is 13.8 Å². The smallest absolute Gasteiger partial charge is 0.358 e. The fraction of sp³-hybridized carbons (Fsp3) is 0.211. The molecule has 7 aromatic rings. The fourth-order valence-electron chi connectivity index (χ4n) is 6.64. The predicted octanol–water partition coefficient (Wildman–Crippen LogP) is 5.35. The van der Waals surface area contributed by atoms with Crippen molar-refractivity contribution in [2.45, 2.75) is 40.5 Å². The number of fused-ring (bicyclic) bond motifs is 10. The van der Waals surface area contributed by atoms with E-state index in [1.165, 1.54) is 0 Å². The number of ether oxygens (including phenoxy) is 2. The van der Waals surface area contributed by atoms with Gasteiger partial charge in [0.2, 0.25) is 0 Å². The van der Waals surface area contributed by atoms with Gasteiger partial charge < -0.3 is 9.47 Å². The van der Waals surface area contributed by atoms with E-state index in [0.717, 1.165) is 67.9 Å². The standard InChI is InChI=1S/C22H19N5O2.C16H15N5O2/c1-3-29-22(28)21-18-12-19-20(15-7-5-4-6-8-15)24-25-27(19)17-11-14(2)9-10-16(17)26(18)13-23-21;1-3-23-16(22)15-14-7-11-8-18-19-21(11)13-6-10(2)4-5-12(13)20(14)9-17-15/h4-11,13H,3,12H2,1-2H3;4-6,8-9H,3,7H2,1-2H3. The van der Waals surface area contributed by atoms with E-state index in [-0.39, 0.29) is 0 Å². The van der Waals surface area contributed by atoms with Crippen LogP contribution in [0.5, 0.6) is 0 Å². The number of rotatable bonds is 5. The van der Waals surface area contributed by atoms with E-state index in [1.54, 1.807) is 32.7 Å². The van der Waals surface area contributed by atoms with E-state index in [9.17, 15) is 9.59 Å². The van der Waals surface area contributed by atoms with Gasteiger partial charge in [-0.2, -0.15) is 0 Å². The van der Waals surface area contributed by atoms with Crippen molar-refractivity contribution in [3.8, 4) is 34.0 Å². The third-order valence-electron chi connectivity index (χ3n) is 9.02. The fourth-order valence-corrected chi connectivity index (χ4v) is 6.64. The lowest BCUT2D eigenvalue weighted by molar-refractivity contribution is 0.0509. The molecule has 2 aliphatic rings. The molecule has 0 N–H and O–H groups in total. The number of aromatic nitrogens is 10. The van der Waals surface area contributed by atoms with Crippen LogP contribution in [0.3, 0.4) is 0 Å². The Morgan fingerprint density at radius 3 is 1.85 bits per heavy atom. The van der Waals surface area contributed by atoms with E-state index in [2.05, 4.69) is 36.7 Å². The summed E-state index contributed by atoms with van der Waals surface area (Å²) in [5, 5.41) is 17.1. The van der Waals surface area contributed by atoms with Gasteiger partial charge in [0.15, 0.2) is 11.4 Å². The first-order valence-corrected chi connectivity index (χ1v) is 16.9. The molecule has 2 aliphatic heterocycles. The number of benzene rings is 3. The molecule has 0 saturated carbocycles. The average molecular weight is 695 g/mol. The van der Waals surface area contributed by atoms with Crippen LogP contribution in [-0.4, -0.2) is 74.2 Å². The Morgan fingerprint density at radius 1 is 0.673 bits per heavy atom. The third kappa shape index (κ3) is 5.54. The quantitative estimate of drug-likeness (QED) is 0.216. The van der Waals surface area contributed by atoms with Gasteiger partial charge in [-0.05, 0) is 63.1 Å². The summed E-state index contributed by atoms with van der Waals surface area (Å²) in [7, 11) is 0. The average Bonchev–Trinajstić information content (AvgIpc) is 3.94. The van der Waals surface area contributed by atoms with E-state index >= 15 is 0 Å². The highest BCUT2D eigenvalue weighted by atomic mass is 16.5. The van der Waals surface area contributed by atoms with Crippen molar-refractivity contribution in [1.82, 2.24) is 49.1 Å². The Balaban J connectivity index is 0.000000153. The zero-order chi connectivity index (χ0) is 35.9.